The van der Waals surface area contributed by atoms with Crippen LogP contribution in [0.15, 0.2) is 18.2 Å². The minimum absolute atomic E-state index is 0.264. The summed E-state index contributed by atoms with van der Waals surface area (Å²) in [4.78, 5) is 10.9. The standard InChI is InChI=1S/C12H15NO/c1-9(14)5-6-10-3-2-4-11-7-8-13-12(10)11/h2-4,13H,5-8H2,1H3. The van der Waals surface area contributed by atoms with Gasteiger partial charge in [0.2, 0.25) is 0 Å². The Morgan fingerprint density at radius 2 is 2.36 bits per heavy atom. The van der Waals surface area contributed by atoms with Gasteiger partial charge in [-0.3, -0.25) is 0 Å². The minimum atomic E-state index is 0.264. The van der Waals surface area contributed by atoms with Crippen molar-refractivity contribution in [3.05, 3.63) is 29.3 Å². The highest BCUT2D eigenvalue weighted by Crippen LogP contribution is 2.27. The van der Waals surface area contributed by atoms with Gasteiger partial charge in [0.05, 0.1) is 0 Å². The summed E-state index contributed by atoms with van der Waals surface area (Å²) in [6.07, 6.45) is 2.63. The molecule has 2 heteroatoms. The van der Waals surface area contributed by atoms with Gasteiger partial charge in [0.25, 0.3) is 0 Å². The zero-order valence-corrected chi connectivity index (χ0v) is 8.47. The van der Waals surface area contributed by atoms with Gasteiger partial charge in [-0.15, -0.1) is 0 Å². The third-order valence-electron chi connectivity index (χ3n) is 2.68. The molecule has 0 spiro atoms. The summed E-state index contributed by atoms with van der Waals surface area (Å²) in [5, 5.41) is 3.38. The van der Waals surface area contributed by atoms with E-state index < -0.39 is 0 Å². The number of Topliss-reactive ketones (excluding diaryl/α,β-unsaturated/α-hetero) is 1. The van der Waals surface area contributed by atoms with E-state index in [1.165, 1.54) is 16.8 Å². The average Bonchev–Trinajstić information content (AvgIpc) is 2.62. The summed E-state index contributed by atoms with van der Waals surface area (Å²) < 4.78 is 0. The first-order valence-corrected chi connectivity index (χ1v) is 5.11. The van der Waals surface area contributed by atoms with Crippen LogP contribution in [0.25, 0.3) is 0 Å². The monoisotopic (exact) mass is 189 g/mol. The summed E-state index contributed by atoms with van der Waals surface area (Å²) in [6.45, 7) is 2.68. The Hall–Kier alpha value is -1.31. The van der Waals surface area contributed by atoms with Crippen LogP contribution in [0, 0.1) is 0 Å². The molecule has 0 bridgehead atoms. The van der Waals surface area contributed by atoms with Gasteiger partial charge in [0.1, 0.15) is 5.78 Å². The van der Waals surface area contributed by atoms with Gasteiger partial charge in [-0.1, -0.05) is 18.2 Å². The molecule has 0 amide bonds. The van der Waals surface area contributed by atoms with Gasteiger partial charge in [-0.2, -0.15) is 0 Å². The van der Waals surface area contributed by atoms with E-state index in [0.717, 1.165) is 19.4 Å². The second-order valence-electron chi connectivity index (χ2n) is 3.83. The van der Waals surface area contributed by atoms with Crippen molar-refractivity contribution >= 4 is 11.5 Å². The molecule has 1 aliphatic heterocycles. The van der Waals surface area contributed by atoms with Gasteiger partial charge in [0.15, 0.2) is 0 Å². The zero-order valence-electron chi connectivity index (χ0n) is 8.47. The van der Waals surface area contributed by atoms with Crippen molar-refractivity contribution in [1.29, 1.82) is 0 Å². The second kappa shape index (κ2) is 3.82. The van der Waals surface area contributed by atoms with Gasteiger partial charge in [-0.05, 0) is 30.9 Å². The Morgan fingerprint density at radius 1 is 1.50 bits per heavy atom. The number of hydrogen-bond acceptors (Lipinski definition) is 2. The number of ketones is 1. The lowest BCUT2D eigenvalue weighted by Gasteiger charge is -2.07. The second-order valence-corrected chi connectivity index (χ2v) is 3.83. The fraction of sp³-hybridized carbons (Fsp3) is 0.417. The predicted molar refractivity (Wildman–Crippen MR) is 57.6 cm³/mol. The molecule has 0 radical (unpaired) electrons. The van der Waals surface area contributed by atoms with Crippen molar-refractivity contribution in [3.8, 4) is 0 Å². The molecule has 0 fully saturated rings. The Morgan fingerprint density at radius 3 is 3.14 bits per heavy atom. The third kappa shape index (κ3) is 1.79. The zero-order chi connectivity index (χ0) is 9.97. The number of carbonyl (C=O) groups is 1. The number of anilines is 1. The highest BCUT2D eigenvalue weighted by molar-refractivity contribution is 5.76. The lowest BCUT2D eigenvalue weighted by molar-refractivity contribution is -0.116. The van der Waals surface area contributed by atoms with Crippen LogP contribution in [0.3, 0.4) is 0 Å². The van der Waals surface area contributed by atoms with Crippen molar-refractivity contribution in [2.24, 2.45) is 0 Å². The number of carbonyl (C=O) groups excluding carboxylic acids is 1. The first kappa shape index (κ1) is 9.25. The van der Waals surface area contributed by atoms with E-state index in [2.05, 4.69) is 23.5 Å². The summed E-state index contributed by atoms with van der Waals surface area (Å²) in [6, 6.07) is 6.36. The first-order valence-electron chi connectivity index (χ1n) is 5.11. The molecule has 0 aliphatic carbocycles. The van der Waals surface area contributed by atoms with Gasteiger partial charge in [0, 0.05) is 18.7 Å². The number of fused-ring (bicyclic) bond motifs is 1. The summed E-state index contributed by atoms with van der Waals surface area (Å²) in [5.74, 6) is 0.264. The van der Waals surface area contributed by atoms with Crippen molar-refractivity contribution < 1.29 is 4.79 Å². The molecule has 1 aromatic carbocycles. The SMILES string of the molecule is CC(=O)CCc1cccc2c1NCC2. The molecule has 0 unspecified atom stereocenters. The van der Waals surface area contributed by atoms with E-state index in [1.807, 2.05) is 0 Å². The van der Waals surface area contributed by atoms with Crippen LogP contribution in [-0.2, 0) is 17.6 Å². The molecule has 2 nitrogen and oxygen atoms in total. The van der Waals surface area contributed by atoms with Crippen molar-refractivity contribution in [2.75, 3.05) is 11.9 Å². The first-order chi connectivity index (χ1) is 6.77. The van der Waals surface area contributed by atoms with E-state index in [9.17, 15) is 4.79 Å². The van der Waals surface area contributed by atoms with Crippen LogP contribution in [0.5, 0.6) is 0 Å². The molecule has 2 rings (SSSR count). The largest absolute Gasteiger partial charge is 0.384 e. The average molecular weight is 189 g/mol. The molecule has 1 heterocycles. The van der Waals surface area contributed by atoms with Crippen LogP contribution in [0.1, 0.15) is 24.5 Å². The maximum absolute atomic E-state index is 10.9. The van der Waals surface area contributed by atoms with Crippen LogP contribution in [-0.4, -0.2) is 12.3 Å². The molecule has 0 saturated carbocycles. The van der Waals surface area contributed by atoms with E-state index in [0.29, 0.717) is 6.42 Å². The molecular formula is C12H15NO. The van der Waals surface area contributed by atoms with Crippen LogP contribution in [0.2, 0.25) is 0 Å². The van der Waals surface area contributed by atoms with E-state index in [4.69, 9.17) is 0 Å². The number of benzene rings is 1. The Bertz CT molecular complexity index is 357. The minimum Gasteiger partial charge on any atom is -0.384 e. The van der Waals surface area contributed by atoms with Crippen molar-refractivity contribution in [1.82, 2.24) is 0 Å². The number of para-hydroxylation sites is 1. The highest BCUT2D eigenvalue weighted by atomic mass is 16.1. The molecule has 14 heavy (non-hydrogen) atoms. The molecule has 0 aromatic heterocycles. The number of hydrogen-bond donors (Lipinski definition) is 1. The number of nitrogens with one attached hydrogen (secondary N) is 1. The van der Waals surface area contributed by atoms with Gasteiger partial charge in [-0.25, -0.2) is 0 Å². The smallest absolute Gasteiger partial charge is 0.130 e. The lowest BCUT2D eigenvalue weighted by atomic mass is 10.0. The Balaban J connectivity index is 2.17. The Labute approximate surface area is 84.3 Å². The predicted octanol–water partition coefficient (Wildman–Crippen LogP) is 2.18. The molecule has 0 atom stereocenters. The van der Waals surface area contributed by atoms with Crippen LogP contribution in [0.4, 0.5) is 5.69 Å². The number of rotatable bonds is 3. The number of aryl methyl sites for hydroxylation is 1. The summed E-state index contributed by atoms with van der Waals surface area (Å²) in [7, 11) is 0. The summed E-state index contributed by atoms with van der Waals surface area (Å²) in [5.41, 5.74) is 3.95. The van der Waals surface area contributed by atoms with Crippen molar-refractivity contribution in [3.63, 3.8) is 0 Å². The highest BCUT2D eigenvalue weighted by Gasteiger charge is 2.13. The normalized spacial score (nSPS) is 13.5. The topological polar surface area (TPSA) is 29.1 Å². The van der Waals surface area contributed by atoms with Crippen LogP contribution >= 0.6 is 0 Å². The van der Waals surface area contributed by atoms with Crippen molar-refractivity contribution in [2.45, 2.75) is 26.2 Å². The van der Waals surface area contributed by atoms with Crippen LogP contribution < -0.4 is 5.32 Å². The molecule has 1 aliphatic rings. The third-order valence-corrected chi connectivity index (χ3v) is 2.68. The van der Waals surface area contributed by atoms with Gasteiger partial charge >= 0.3 is 0 Å². The molecule has 0 saturated heterocycles. The van der Waals surface area contributed by atoms with Gasteiger partial charge < -0.3 is 10.1 Å². The quantitative estimate of drug-likeness (QED) is 0.789. The fourth-order valence-corrected chi connectivity index (χ4v) is 1.93. The molecular weight excluding hydrogens is 174 g/mol. The maximum Gasteiger partial charge on any atom is 0.130 e. The maximum atomic E-state index is 10.9. The molecule has 1 N–H and O–H groups in total. The fourth-order valence-electron chi connectivity index (χ4n) is 1.93. The molecule has 74 valence electrons. The van der Waals surface area contributed by atoms with E-state index in [-0.39, 0.29) is 5.78 Å². The van der Waals surface area contributed by atoms with E-state index in [1.54, 1.807) is 6.92 Å². The lowest BCUT2D eigenvalue weighted by Crippen LogP contribution is -1.98. The Kier molecular flexibility index (Phi) is 2.53. The summed E-state index contributed by atoms with van der Waals surface area (Å²) >= 11 is 0. The van der Waals surface area contributed by atoms with E-state index >= 15 is 0 Å². The molecule has 1 aromatic rings.